The van der Waals surface area contributed by atoms with Crippen LogP contribution in [0.5, 0.6) is 0 Å². The summed E-state index contributed by atoms with van der Waals surface area (Å²) < 4.78 is 0. The molecule has 3 N–H and O–H groups in total. The Morgan fingerprint density at radius 2 is 1.97 bits per heavy atom. The van der Waals surface area contributed by atoms with Crippen LogP contribution in [0, 0.1) is 10.1 Å². The van der Waals surface area contributed by atoms with Gasteiger partial charge in [0.25, 0.3) is 5.69 Å². The molecule has 0 amide bonds. The number of carboxylic acid groups (broad SMARTS) is 1. The Morgan fingerprint density at radius 3 is 2.66 bits per heavy atom. The van der Waals surface area contributed by atoms with Crippen LogP contribution in [-0.4, -0.2) is 34.6 Å². The van der Waals surface area contributed by atoms with E-state index in [9.17, 15) is 14.9 Å². The van der Waals surface area contributed by atoms with Crippen molar-refractivity contribution in [2.24, 2.45) is 0 Å². The van der Waals surface area contributed by atoms with E-state index in [4.69, 9.17) is 27.4 Å². The van der Waals surface area contributed by atoms with Gasteiger partial charge in [-0.15, -0.1) is 0 Å². The van der Waals surface area contributed by atoms with Crippen LogP contribution in [0.15, 0.2) is 18.2 Å². The first-order valence-corrected chi connectivity index (χ1v) is 9.86. The molecule has 154 valence electrons. The van der Waals surface area contributed by atoms with Gasteiger partial charge in [0.2, 0.25) is 0 Å². The second kappa shape index (κ2) is 8.65. The van der Waals surface area contributed by atoms with Crippen molar-refractivity contribution >= 4 is 34.8 Å². The van der Waals surface area contributed by atoms with Gasteiger partial charge < -0.3 is 15.7 Å². The van der Waals surface area contributed by atoms with Gasteiger partial charge in [-0.2, -0.15) is 0 Å². The van der Waals surface area contributed by atoms with Gasteiger partial charge in [0.05, 0.1) is 15.5 Å². The zero-order chi connectivity index (χ0) is 21.1. The average molecular weight is 419 g/mol. The predicted molar refractivity (Wildman–Crippen MR) is 112 cm³/mol. The van der Waals surface area contributed by atoms with Crippen LogP contribution in [0.3, 0.4) is 0 Å². The highest BCUT2D eigenvalue weighted by Gasteiger charge is 2.24. The normalized spacial score (nSPS) is 14.9. The van der Waals surface area contributed by atoms with Crippen molar-refractivity contribution in [3.63, 3.8) is 0 Å². The summed E-state index contributed by atoms with van der Waals surface area (Å²) >= 11 is 5.49. The number of nitro groups is 1. The Hall–Kier alpha value is -2.87. The quantitative estimate of drug-likeness (QED) is 0.560. The van der Waals surface area contributed by atoms with Gasteiger partial charge in [0, 0.05) is 42.7 Å². The molecule has 1 aliphatic heterocycles. The number of nitrogen functional groups attached to an aromatic ring is 1. The Balaban J connectivity index is 0.000000170. The topological polar surface area (TPSA) is 123 Å². The zero-order valence-corrected chi connectivity index (χ0v) is 16.9. The van der Waals surface area contributed by atoms with E-state index in [0.29, 0.717) is 0 Å². The molecule has 1 aliphatic carbocycles. The molecule has 0 atom stereocenters. The van der Waals surface area contributed by atoms with E-state index < -0.39 is 10.9 Å². The molecule has 29 heavy (non-hydrogen) atoms. The summed E-state index contributed by atoms with van der Waals surface area (Å²) in [7, 11) is 2.14. The predicted octanol–water partition coefficient (Wildman–Crippen LogP) is 3.87. The lowest BCUT2D eigenvalue weighted by atomic mass is 10.0. The molecule has 9 heteroatoms. The average Bonchev–Trinajstić information content (AvgIpc) is 3.07. The minimum atomic E-state index is -1.28. The lowest BCUT2D eigenvalue weighted by Gasteiger charge is -2.20. The number of pyridine rings is 1. The molecule has 0 bridgehead atoms. The summed E-state index contributed by atoms with van der Waals surface area (Å²) in [6.45, 7) is 1.11. The summed E-state index contributed by atoms with van der Waals surface area (Å²) in [5.74, 6) is -0.135. The number of hydrogen-bond donors (Lipinski definition) is 2. The second-order valence-corrected chi connectivity index (χ2v) is 7.62. The molecule has 0 fully saturated rings. The molecule has 0 radical (unpaired) electrons. The molecule has 2 heterocycles. The maximum atomic E-state index is 10.5. The third-order valence-electron chi connectivity index (χ3n) is 5.27. The number of aryl methyl sites for hydroxylation is 1. The number of nitrogens with two attached hydrogens (primary N) is 1. The van der Waals surface area contributed by atoms with E-state index in [1.54, 1.807) is 0 Å². The number of anilines is 2. The molecule has 0 spiro atoms. The number of nitro benzene ring substituents is 1. The summed E-state index contributed by atoms with van der Waals surface area (Å²) in [5, 5.41) is 18.8. The van der Waals surface area contributed by atoms with Crippen molar-refractivity contribution in [2.45, 2.75) is 38.5 Å². The summed E-state index contributed by atoms with van der Waals surface area (Å²) in [4.78, 5) is 27.2. The molecular weight excluding hydrogens is 396 g/mol. The number of carbonyl (C=O) groups is 1. The monoisotopic (exact) mass is 418 g/mol. The number of rotatable bonds is 2. The number of hydrogen-bond acceptors (Lipinski definition) is 6. The molecule has 0 saturated carbocycles. The maximum Gasteiger partial charge on any atom is 0.337 e. The third-order valence-corrected chi connectivity index (χ3v) is 5.60. The van der Waals surface area contributed by atoms with Gasteiger partial charge in [-0.1, -0.05) is 11.6 Å². The molecule has 1 aromatic heterocycles. The van der Waals surface area contributed by atoms with Crippen LogP contribution in [-0.2, 0) is 19.3 Å². The Kier molecular flexibility index (Phi) is 6.22. The SMILES string of the molecule is CN1CCCCc2c1nc1c(c2N)CCC1.O=C(O)c1cc([N+](=O)[O-])ccc1Cl. The molecule has 8 nitrogen and oxygen atoms in total. The van der Waals surface area contributed by atoms with E-state index in [-0.39, 0.29) is 16.3 Å². The molecule has 0 saturated heterocycles. The second-order valence-electron chi connectivity index (χ2n) is 7.21. The maximum absolute atomic E-state index is 10.5. The summed E-state index contributed by atoms with van der Waals surface area (Å²) in [6, 6.07) is 3.25. The Labute approximate surface area is 173 Å². The van der Waals surface area contributed by atoms with Crippen molar-refractivity contribution in [1.82, 2.24) is 4.98 Å². The summed E-state index contributed by atoms with van der Waals surface area (Å²) in [5.41, 5.74) is 10.7. The lowest BCUT2D eigenvalue weighted by Crippen LogP contribution is -2.20. The number of aromatic carboxylic acids is 1. The van der Waals surface area contributed by atoms with E-state index >= 15 is 0 Å². The molecule has 1 aromatic carbocycles. The first-order valence-electron chi connectivity index (χ1n) is 9.48. The van der Waals surface area contributed by atoms with Crippen LogP contribution in [0.1, 0.15) is 46.4 Å². The molecule has 4 rings (SSSR count). The van der Waals surface area contributed by atoms with Crippen molar-refractivity contribution < 1.29 is 14.8 Å². The highest BCUT2D eigenvalue weighted by molar-refractivity contribution is 6.33. The largest absolute Gasteiger partial charge is 0.478 e. The van der Waals surface area contributed by atoms with Gasteiger partial charge >= 0.3 is 5.97 Å². The third kappa shape index (κ3) is 4.42. The van der Waals surface area contributed by atoms with Crippen LogP contribution in [0.2, 0.25) is 5.02 Å². The van der Waals surface area contributed by atoms with Gasteiger partial charge in [0.15, 0.2) is 0 Å². The highest BCUT2D eigenvalue weighted by Crippen LogP contribution is 2.35. The summed E-state index contributed by atoms with van der Waals surface area (Å²) in [6.07, 6.45) is 7.05. The van der Waals surface area contributed by atoms with E-state index in [1.807, 2.05) is 0 Å². The molecule has 2 aliphatic rings. The number of non-ortho nitro benzene ring substituents is 1. The van der Waals surface area contributed by atoms with E-state index in [1.165, 1.54) is 42.1 Å². The van der Waals surface area contributed by atoms with Crippen LogP contribution >= 0.6 is 11.6 Å². The number of nitrogens with zero attached hydrogens (tertiary/aromatic N) is 3. The van der Waals surface area contributed by atoms with Gasteiger partial charge in [0.1, 0.15) is 5.82 Å². The molecule has 0 unspecified atom stereocenters. The lowest BCUT2D eigenvalue weighted by molar-refractivity contribution is -0.384. The Morgan fingerprint density at radius 1 is 1.24 bits per heavy atom. The molecule has 2 aromatic rings. The number of benzene rings is 1. The smallest absolute Gasteiger partial charge is 0.337 e. The number of carboxylic acids is 1. The van der Waals surface area contributed by atoms with Crippen LogP contribution in [0.4, 0.5) is 17.2 Å². The van der Waals surface area contributed by atoms with E-state index in [2.05, 4.69) is 11.9 Å². The van der Waals surface area contributed by atoms with Gasteiger partial charge in [-0.25, -0.2) is 9.78 Å². The minimum Gasteiger partial charge on any atom is -0.478 e. The first-order chi connectivity index (χ1) is 13.8. The fraction of sp³-hybridized carbons (Fsp3) is 0.400. The minimum absolute atomic E-state index is 0.0156. The van der Waals surface area contributed by atoms with Crippen molar-refractivity contribution in [3.8, 4) is 0 Å². The number of aromatic nitrogens is 1. The fourth-order valence-corrected chi connectivity index (χ4v) is 3.95. The fourth-order valence-electron chi connectivity index (χ4n) is 3.75. The zero-order valence-electron chi connectivity index (χ0n) is 16.2. The highest BCUT2D eigenvalue weighted by atomic mass is 35.5. The first kappa shape index (κ1) is 20.9. The van der Waals surface area contributed by atoms with Crippen LogP contribution in [0.25, 0.3) is 0 Å². The van der Waals surface area contributed by atoms with Gasteiger partial charge in [-0.3, -0.25) is 10.1 Å². The van der Waals surface area contributed by atoms with Gasteiger partial charge in [-0.05, 0) is 50.2 Å². The number of fused-ring (bicyclic) bond motifs is 2. The Bertz CT molecular complexity index is 964. The standard InChI is InChI=1S/C13H19N3.C7H4ClNO4/c1-16-8-3-2-5-10-12(14)9-6-4-7-11(9)15-13(10)16;8-6-2-1-4(9(12)13)3-5(6)7(10)11/h2-8H2,1H3,(H2,14,15);1-3H,(H,10,11). The molecular formula is C20H23ClN4O4. The van der Waals surface area contributed by atoms with Crippen molar-refractivity contribution in [3.05, 3.63) is 55.7 Å². The van der Waals surface area contributed by atoms with E-state index in [0.717, 1.165) is 49.4 Å². The van der Waals surface area contributed by atoms with Crippen molar-refractivity contribution in [2.75, 3.05) is 24.2 Å². The van der Waals surface area contributed by atoms with Crippen molar-refractivity contribution in [1.29, 1.82) is 0 Å². The number of halogens is 1. The van der Waals surface area contributed by atoms with Crippen LogP contribution < -0.4 is 10.6 Å².